The van der Waals surface area contributed by atoms with Gasteiger partial charge in [-0.3, -0.25) is 9.59 Å². The van der Waals surface area contributed by atoms with Crippen LogP contribution in [0.25, 0.3) is 11.3 Å². The molecule has 2 N–H and O–H groups in total. The first kappa shape index (κ1) is 13.8. The SMILES string of the molecule is Cc1nc(-c2cccc(NC(=O)C3(C(=O)O)CC3)c2)cs1. The number of thiazole rings is 1. The Morgan fingerprint density at radius 2 is 2.14 bits per heavy atom. The number of hydrogen-bond donors (Lipinski definition) is 2. The number of aryl methyl sites for hydroxylation is 1. The first-order valence-electron chi connectivity index (χ1n) is 6.59. The number of nitrogens with one attached hydrogen (secondary N) is 1. The van der Waals surface area contributed by atoms with E-state index in [-0.39, 0.29) is 0 Å². The van der Waals surface area contributed by atoms with Crippen molar-refractivity contribution in [2.75, 3.05) is 5.32 Å². The number of carboxylic acids is 1. The monoisotopic (exact) mass is 302 g/mol. The number of carbonyl (C=O) groups is 2. The molecule has 6 heteroatoms. The summed E-state index contributed by atoms with van der Waals surface area (Å²) < 4.78 is 0. The molecule has 2 aromatic rings. The van der Waals surface area contributed by atoms with E-state index in [0.29, 0.717) is 18.5 Å². The Morgan fingerprint density at radius 1 is 1.38 bits per heavy atom. The minimum Gasteiger partial charge on any atom is -0.480 e. The van der Waals surface area contributed by atoms with Crippen LogP contribution in [-0.2, 0) is 9.59 Å². The lowest BCUT2D eigenvalue weighted by Crippen LogP contribution is -2.31. The van der Waals surface area contributed by atoms with Crippen LogP contribution in [-0.4, -0.2) is 22.0 Å². The third kappa shape index (κ3) is 2.54. The molecule has 0 radical (unpaired) electrons. The van der Waals surface area contributed by atoms with Gasteiger partial charge in [-0.15, -0.1) is 11.3 Å². The van der Waals surface area contributed by atoms with E-state index in [9.17, 15) is 9.59 Å². The molecule has 0 bridgehead atoms. The molecule has 1 aromatic carbocycles. The van der Waals surface area contributed by atoms with Crippen molar-refractivity contribution < 1.29 is 14.7 Å². The summed E-state index contributed by atoms with van der Waals surface area (Å²) >= 11 is 1.56. The molecule has 5 nitrogen and oxygen atoms in total. The van der Waals surface area contributed by atoms with Gasteiger partial charge in [-0.2, -0.15) is 0 Å². The Morgan fingerprint density at radius 3 is 2.71 bits per heavy atom. The van der Waals surface area contributed by atoms with Gasteiger partial charge in [-0.1, -0.05) is 12.1 Å². The van der Waals surface area contributed by atoms with Gasteiger partial charge in [0, 0.05) is 16.6 Å². The lowest BCUT2D eigenvalue weighted by Gasteiger charge is -2.11. The number of hydrogen-bond acceptors (Lipinski definition) is 4. The topological polar surface area (TPSA) is 79.3 Å². The molecule has 21 heavy (non-hydrogen) atoms. The highest BCUT2D eigenvalue weighted by Crippen LogP contribution is 2.46. The molecule has 0 aliphatic heterocycles. The Labute approximate surface area is 125 Å². The molecule has 0 spiro atoms. The van der Waals surface area contributed by atoms with Crippen molar-refractivity contribution in [3.63, 3.8) is 0 Å². The van der Waals surface area contributed by atoms with Gasteiger partial charge in [0.25, 0.3) is 0 Å². The van der Waals surface area contributed by atoms with Gasteiger partial charge in [-0.05, 0) is 31.9 Å². The molecule has 0 atom stereocenters. The van der Waals surface area contributed by atoms with Crippen LogP contribution >= 0.6 is 11.3 Å². The smallest absolute Gasteiger partial charge is 0.319 e. The highest BCUT2D eigenvalue weighted by Gasteiger charge is 2.57. The molecule has 1 aliphatic rings. The lowest BCUT2D eigenvalue weighted by atomic mass is 10.1. The third-order valence-electron chi connectivity index (χ3n) is 3.63. The molecular formula is C15H14N2O3S. The summed E-state index contributed by atoms with van der Waals surface area (Å²) in [6, 6.07) is 7.29. The Kier molecular flexibility index (Phi) is 3.25. The van der Waals surface area contributed by atoms with E-state index in [0.717, 1.165) is 16.3 Å². The van der Waals surface area contributed by atoms with Crippen LogP contribution in [0.2, 0.25) is 0 Å². The van der Waals surface area contributed by atoms with Crippen LogP contribution in [0.4, 0.5) is 5.69 Å². The summed E-state index contributed by atoms with van der Waals surface area (Å²) in [6.07, 6.45) is 0.804. The van der Waals surface area contributed by atoms with Crippen molar-refractivity contribution >= 4 is 28.9 Å². The van der Waals surface area contributed by atoms with Gasteiger partial charge in [0.2, 0.25) is 5.91 Å². The fourth-order valence-electron chi connectivity index (χ4n) is 2.17. The van der Waals surface area contributed by atoms with E-state index in [4.69, 9.17) is 5.11 Å². The van der Waals surface area contributed by atoms with Gasteiger partial charge in [0.15, 0.2) is 0 Å². The van der Waals surface area contributed by atoms with Crippen molar-refractivity contribution in [1.82, 2.24) is 4.98 Å². The van der Waals surface area contributed by atoms with Crippen LogP contribution in [0.3, 0.4) is 0 Å². The zero-order valence-corrected chi connectivity index (χ0v) is 12.2. The number of nitrogens with zero attached hydrogens (tertiary/aromatic N) is 1. The first-order chi connectivity index (χ1) is 10.0. The first-order valence-corrected chi connectivity index (χ1v) is 7.47. The molecule has 108 valence electrons. The number of anilines is 1. The van der Waals surface area contributed by atoms with Crippen molar-refractivity contribution in [2.24, 2.45) is 5.41 Å². The zero-order valence-electron chi connectivity index (χ0n) is 11.4. The summed E-state index contributed by atoms with van der Waals surface area (Å²) in [5, 5.41) is 14.7. The Bertz CT molecular complexity index is 719. The maximum absolute atomic E-state index is 12.1. The number of amides is 1. The summed E-state index contributed by atoms with van der Waals surface area (Å²) in [5.74, 6) is -1.49. The average molecular weight is 302 g/mol. The van der Waals surface area contributed by atoms with Crippen molar-refractivity contribution in [2.45, 2.75) is 19.8 Å². The maximum Gasteiger partial charge on any atom is 0.319 e. The molecule has 1 aromatic heterocycles. The van der Waals surface area contributed by atoms with E-state index >= 15 is 0 Å². The van der Waals surface area contributed by atoms with E-state index in [2.05, 4.69) is 10.3 Å². The van der Waals surface area contributed by atoms with Gasteiger partial charge in [-0.25, -0.2) is 4.98 Å². The van der Waals surface area contributed by atoms with Gasteiger partial charge < -0.3 is 10.4 Å². The predicted octanol–water partition coefficient (Wildman–Crippen LogP) is 2.92. The minimum atomic E-state index is -1.23. The second kappa shape index (κ2) is 4.96. The Hall–Kier alpha value is -2.21. The quantitative estimate of drug-likeness (QED) is 0.851. The van der Waals surface area contributed by atoms with Crippen molar-refractivity contribution in [1.29, 1.82) is 0 Å². The number of rotatable bonds is 4. The standard InChI is InChI=1S/C15H14N2O3S/c1-9-16-12(8-21-9)10-3-2-4-11(7-10)17-13(18)15(5-6-15)14(19)20/h2-4,7-8H,5-6H2,1H3,(H,17,18)(H,19,20). The second-order valence-electron chi connectivity index (χ2n) is 5.17. The van der Waals surface area contributed by atoms with E-state index in [1.54, 1.807) is 17.4 Å². The van der Waals surface area contributed by atoms with Crippen LogP contribution in [0.15, 0.2) is 29.6 Å². The van der Waals surface area contributed by atoms with E-state index in [1.165, 1.54) is 0 Å². The van der Waals surface area contributed by atoms with Crippen LogP contribution in [0.5, 0.6) is 0 Å². The summed E-state index contributed by atoms with van der Waals surface area (Å²) in [4.78, 5) is 27.6. The maximum atomic E-state index is 12.1. The van der Waals surface area contributed by atoms with E-state index in [1.807, 2.05) is 30.5 Å². The van der Waals surface area contributed by atoms with Crippen LogP contribution < -0.4 is 5.32 Å². The molecular weight excluding hydrogens is 288 g/mol. The fraction of sp³-hybridized carbons (Fsp3) is 0.267. The van der Waals surface area contributed by atoms with Gasteiger partial charge in [0.05, 0.1) is 10.7 Å². The predicted molar refractivity (Wildman–Crippen MR) is 80.2 cm³/mol. The summed E-state index contributed by atoms with van der Waals surface area (Å²) in [7, 11) is 0. The highest BCUT2D eigenvalue weighted by atomic mass is 32.1. The lowest BCUT2D eigenvalue weighted by molar-refractivity contribution is -0.147. The summed E-state index contributed by atoms with van der Waals surface area (Å²) in [6.45, 7) is 1.93. The fourth-order valence-corrected chi connectivity index (χ4v) is 2.79. The molecule has 1 amide bonds. The molecule has 1 heterocycles. The molecule has 1 aliphatic carbocycles. The molecule has 3 rings (SSSR count). The van der Waals surface area contributed by atoms with Gasteiger partial charge in [0.1, 0.15) is 5.41 Å². The highest BCUT2D eigenvalue weighted by molar-refractivity contribution is 7.09. The van der Waals surface area contributed by atoms with Crippen molar-refractivity contribution in [3.05, 3.63) is 34.7 Å². The number of carboxylic acid groups (broad SMARTS) is 1. The van der Waals surface area contributed by atoms with Crippen molar-refractivity contribution in [3.8, 4) is 11.3 Å². The number of aromatic nitrogens is 1. The zero-order chi connectivity index (χ0) is 15.0. The molecule has 0 saturated heterocycles. The Balaban J connectivity index is 1.81. The largest absolute Gasteiger partial charge is 0.480 e. The number of benzene rings is 1. The van der Waals surface area contributed by atoms with Crippen LogP contribution in [0, 0.1) is 12.3 Å². The summed E-state index contributed by atoms with van der Waals surface area (Å²) in [5.41, 5.74) is 1.12. The van der Waals surface area contributed by atoms with Gasteiger partial charge >= 0.3 is 5.97 Å². The minimum absolute atomic E-state index is 0.402. The number of carbonyl (C=O) groups excluding carboxylic acids is 1. The van der Waals surface area contributed by atoms with Crippen LogP contribution in [0.1, 0.15) is 17.8 Å². The normalized spacial score (nSPS) is 15.5. The number of aliphatic carboxylic acids is 1. The average Bonchev–Trinajstić information content (AvgIpc) is 3.16. The second-order valence-corrected chi connectivity index (χ2v) is 6.24. The van der Waals surface area contributed by atoms with E-state index < -0.39 is 17.3 Å². The molecule has 1 fully saturated rings. The third-order valence-corrected chi connectivity index (χ3v) is 4.40. The molecule has 0 unspecified atom stereocenters. The molecule has 1 saturated carbocycles.